The highest BCUT2D eigenvalue weighted by atomic mass is 32.1. The molecule has 3 aromatic rings. The van der Waals surface area contributed by atoms with E-state index < -0.39 is 0 Å². The van der Waals surface area contributed by atoms with Crippen LogP contribution in [0, 0.1) is 0 Å². The number of benzene rings is 1. The van der Waals surface area contributed by atoms with E-state index in [-0.39, 0.29) is 0 Å². The molecule has 0 unspecified atom stereocenters. The molecule has 27 heavy (non-hydrogen) atoms. The number of methoxy groups -OCH3 is 1. The molecule has 0 radical (unpaired) electrons. The maximum atomic E-state index is 5.15. The van der Waals surface area contributed by atoms with Crippen molar-refractivity contribution in [1.29, 1.82) is 0 Å². The summed E-state index contributed by atoms with van der Waals surface area (Å²) in [4.78, 5) is 15.8. The van der Waals surface area contributed by atoms with Crippen molar-refractivity contribution in [2.45, 2.75) is 32.7 Å². The predicted octanol–water partition coefficient (Wildman–Crippen LogP) is 3.93. The summed E-state index contributed by atoms with van der Waals surface area (Å²) in [5.74, 6) is 0.769. The second-order valence-corrected chi connectivity index (χ2v) is 7.17. The van der Waals surface area contributed by atoms with E-state index in [9.17, 15) is 0 Å². The van der Waals surface area contributed by atoms with E-state index in [2.05, 4.69) is 56.4 Å². The minimum atomic E-state index is 0.747. The zero-order chi connectivity index (χ0) is 18.9. The van der Waals surface area contributed by atoms with Crippen LogP contribution in [0.5, 0.6) is 0 Å². The third-order valence-electron chi connectivity index (χ3n) is 4.50. The molecular formula is C21H26N4OS. The summed E-state index contributed by atoms with van der Waals surface area (Å²) in [6, 6.07) is 8.71. The van der Waals surface area contributed by atoms with E-state index in [1.165, 1.54) is 11.1 Å². The highest BCUT2D eigenvalue weighted by molar-refractivity contribution is 7.07. The fourth-order valence-corrected chi connectivity index (χ4v) is 3.40. The number of aromatic nitrogens is 3. The minimum absolute atomic E-state index is 0.747. The Morgan fingerprint density at radius 2 is 1.70 bits per heavy atom. The topological polar surface area (TPSA) is 51.1 Å². The smallest absolute Gasteiger partial charge is 0.225 e. The summed E-state index contributed by atoms with van der Waals surface area (Å²) < 4.78 is 5.15. The lowest BCUT2D eigenvalue weighted by atomic mass is 10.1. The molecule has 0 N–H and O–H groups in total. The van der Waals surface area contributed by atoms with E-state index in [0.717, 1.165) is 56.2 Å². The first kappa shape index (κ1) is 19.5. The Balaban J connectivity index is 1.71. The lowest BCUT2D eigenvalue weighted by Crippen LogP contribution is -2.27. The molecule has 0 atom stereocenters. The van der Waals surface area contributed by atoms with Crippen molar-refractivity contribution in [1.82, 2.24) is 15.0 Å². The summed E-state index contributed by atoms with van der Waals surface area (Å²) in [5, 5.41) is 2.10. The molecule has 0 aliphatic heterocycles. The molecule has 3 rings (SSSR count). The lowest BCUT2D eigenvalue weighted by molar-refractivity contribution is 0.202. The van der Waals surface area contributed by atoms with Gasteiger partial charge in [0.25, 0.3) is 0 Å². The van der Waals surface area contributed by atoms with Gasteiger partial charge in [0.2, 0.25) is 5.95 Å². The van der Waals surface area contributed by atoms with Crippen molar-refractivity contribution in [2.75, 3.05) is 25.2 Å². The quantitative estimate of drug-likeness (QED) is 0.532. The van der Waals surface area contributed by atoms with E-state index in [1.54, 1.807) is 18.4 Å². The Bertz CT molecular complexity index is 788. The molecule has 2 aromatic heterocycles. The molecule has 142 valence electrons. The van der Waals surface area contributed by atoms with Crippen molar-refractivity contribution in [3.63, 3.8) is 0 Å². The van der Waals surface area contributed by atoms with Gasteiger partial charge >= 0.3 is 0 Å². The van der Waals surface area contributed by atoms with E-state index in [0.29, 0.717) is 0 Å². The number of hydrogen-bond donors (Lipinski definition) is 0. The predicted molar refractivity (Wildman–Crippen MR) is 110 cm³/mol. The van der Waals surface area contributed by atoms with Crippen LogP contribution in [0.15, 0.2) is 47.5 Å². The number of ether oxygens (including phenoxy) is 1. The van der Waals surface area contributed by atoms with E-state index in [1.807, 2.05) is 17.9 Å². The molecule has 0 aliphatic carbocycles. The molecule has 2 heterocycles. The molecule has 0 spiro atoms. The number of rotatable bonds is 10. The molecule has 6 heteroatoms. The second kappa shape index (κ2) is 10.1. The monoisotopic (exact) mass is 382 g/mol. The van der Waals surface area contributed by atoms with Crippen LogP contribution in [0.2, 0.25) is 0 Å². The molecule has 0 aliphatic rings. The molecule has 0 saturated carbocycles. The zero-order valence-electron chi connectivity index (χ0n) is 16.0. The first-order valence-electron chi connectivity index (χ1n) is 9.28. The molecule has 5 nitrogen and oxygen atoms in total. The van der Waals surface area contributed by atoms with Gasteiger partial charge in [0, 0.05) is 44.4 Å². The Morgan fingerprint density at radius 3 is 2.33 bits per heavy atom. The molecule has 0 bridgehead atoms. The highest BCUT2D eigenvalue weighted by Crippen LogP contribution is 2.15. The zero-order valence-corrected chi connectivity index (χ0v) is 16.8. The van der Waals surface area contributed by atoms with Crippen molar-refractivity contribution in [2.24, 2.45) is 0 Å². The molecule has 0 amide bonds. The van der Waals surface area contributed by atoms with Crippen molar-refractivity contribution in [3.05, 3.63) is 69.9 Å². The van der Waals surface area contributed by atoms with Crippen LogP contribution in [0.1, 0.15) is 29.3 Å². The summed E-state index contributed by atoms with van der Waals surface area (Å²) >= 11 is 1.63. The fraction of sp³-hybridized carbons (Fsp3) is 0.381. The lowest BCUT2D eigenvalue weighted by Gasteiger charge is -2.22. The van der Waals surface area contributed by atoms with E-state index >= 15 is 0 Å². The number of nitrogens with zero attached hydrogens (tertiary/aromatic N) is 4. The average Bonchev–Trinajstić information content (AvgIpc) is 3.24. The second-order valence-electron chi connectivity index (χ2n) is 6.46. The van der Waals surface area contributed by atoms with Gasteiger partial charge in [0.05, 0.1) is 17.8 Å². The Labute approximate surface area is 165 Å². The van der Waals surface area contributed by atoms with Crippen molar-refractivity contribution in [3.8, 4) is 0 Å². The van der Waals surface area contributed by atoms with Gasteiger partial charge in [0.1, 0.15) is 0 Å². The third-order valence-corrected chi connectivity index (χ3v) is 5.13. The van der Waals surface area contributed by atoms with Crippen molar-refractivity contribution >= 4 is 17.3 Å². The van der Waals surface area contributed by atoms with Gasteiger partial charge in [-0.05, 0) is 29.5 Å². The fourth-order valence-electron chi connectivity index (χ4n) is 2.81. The van der Waals surface area contributed by atoms with Gasteiger partial charge in [0.15, 0.2) is 0 Å². The first-order valence-corrected chi connectivity index (χ1v) is 10.2. The van der Waals surface area contributed by atoms with Crippen molar-refractivity contribution < 1.29 is 4.74 Å². The minimum Gasteiger partial charge on any atom is -0.384 e. The average molecular weight is 383 g/mol. The standard InChI is InChI=1S/C21H26N4OS/c1-3-17-12-22-21(23-13-17)25(10-8-20-15-27-16-24-20)14-19-6-4-18(5-7-19)9-11-26-2/h4-7,12-13,15-16H,3,8-11,14H2,1-2H3. The number of thiazole rings is 1. The van der Waals surface area contributed by atoms with Crippen LogP contribution in [-0.2, 0) is 30.5 Å². The summed E-state index contributed by atoms with van der Waals surface area (Å²) in [7, 11) is 1.73. The van der Waals surface area contributed by atoms with Crippen LogP contribution in [-0.4, -0.2) is 35.2 Å². The maximum Gasteiger partial charge on any atom is 0.225 e. The van der Waals surface area contributed by atoms with Gasteiger partial charge in [-0.15, -0.1) is 11.3 Å². The maximum absolute atomic E-state index is 5.15. The Hall–Kier alpha value is -2.31. The highest BCUT2D eigenvalue weighted by Gasteiger charge is 2.11. The van der Waals surface area contributed by atoms with Crippen LogP contribution < -0.4 is 4.90 Å². The summed E-state index contributed by atoms with van der Waals surface area (Å²) in [6.45, 7) is 4.47. The Morgan fingerprint density at radius 1 is 0.963 bits per heavy atom. The van der Waals surface area contributed by atoms with Crippen LogP contribution in [0.25, 0.3) is 0 Å². The third kappa shape index (κ3) is 5.84. The SMILES string of the molecule is CCc1cnc(N(CCc2cscn2)Cc2ccc(CCOC)cc2)nc1. The molecular weight excluding hydrogens is 356 g/mol. The van der Waals surface area contributed by atoms with Gasteiger partial charge in [-0.25, -0.2) is 15.0 Å². The van der Waals surface area contributed by atoms with E-state index in [4.69, 9.17) is 4.74 Å². The summed E-state index contributed by atoms with van der Waals surface area (Å²) in [6.07, 6.45) is 6.61. The Kier molecular flexibility index (Phi) is 7.30. The molecule has 0 fully saturated rings. The largest absolute Gasteiger partial charge is 0.384 e. The first-order chi connectivity index (χ1) is 13.3. The van der Waals surface area contributed by atoms with Gasteiger partial charge in [-0.1, -0.05) is 31.2 Å². The molecule has 0 saturated heterocycles. The number of hydrogen-bond acceptors (Lipinski definition) is 6. The molecule has 1 aromatic carbocycles. The summed E-state index contributed by atoms with van der Waals surface area (Å²) in [5.41, 5.74) is 6.69. The van der Waals surface area contributed by atoms with Crippen LogP contribution in [0.3, 0.4) is 0 Å². The van der Waals surface area contributed by atoms with Gasteiger partial charge in [-0.3, -0.25) is 0 Å². The van der Waals surface area contributed by atoms with Gasteiger partial charge < -0.3 is 9.64 Å². The number of anilines is 1. The van der Waals surface area contributed by atoms with Crippen LogP contribution in [0.4, 0.5) is 5.95 Å². The number of aryl methyl sites for hydroxylation is 1. The van der Waals surface area contributed by atoms with Gasteiger partial charge in [-0.2, -0.15) is 0 Å². The van der Waals surface area contributed by atoms with Crippen LogP contribution >= 0.6 is 11.3 Å². The normalized spacial score (nSPS) is 10.9.